The second-order valence-corrected chi connectivity index (χ2v) is 20.2. The molecule has 7 unspecified atom stereocenters. The fourth-order valence-corrected chi connectivity index (χ4v) is 12.3. The van der Waals surface area contributed by atoms with Crippen LogP contribution in [0.1, 0.15) is 0 Å². The first-order chi connectivity index (χ1) is 36.1. The lowest BCUT2D eigenvalue weighted by Crippen LogP contribution is -2.91. The van der Waals surface area contributed by atoms with E-state index in [0.717, 1.165) is 0 Å². The molecule has 6 rings (SSSR count). The fourth-order valence-electron chi connectivity index (χ4n) is 12.3. The van der Waals surface area contributed by atoms with Crippen LogP contribution in [-0.2, 0) is 33.2 Å². The highest BCUT2D eigenvalue weighted by molar-refractivity contribution is 5.83. The molecule has 0 aromatic rings. The summed E-state index contributed by atoms with van der Waals surface area (Å²) in [7, 11) is 0. The Morgan fingerprint density at radius 3 is 0.974 bits per heavy atom. The molecular weight excluding hydrogens is 1060 g/mol. The van der Waals surface area contributed by atoms with Gasteiger partial charge in [-0.15, -0.1) is 0 Å². The summed E-state index contributed by atoms with van der Waals surface area (Å²) in [6.07, 6.45) is -87.4. The lowest BCUT2D eigenvalue weighted by Gasteiger charge is -2.70. The van der Waals surface area contributed by atoms with E-state index in [4.69, 9.17) is 34.2 Å². The van der Waals surface area contributed by atoms with Gasteiger partial charge in [0.1, 0.15) is 165 Å². The maximum absolute atomic E-state index is 16.2. The maximum Gasteiger partial charge on any atom is 0.327 e. The van der Waals surface area contributed by atoms with E-state index in [9.17, 15) is 133 Å². The van der Waals surface area contributed by atoms with Crippen LogP contribution in [0.25, 0.3) is 0 Å². The zero-order valence-electron chi connectivity index (χ0n) is 40.4. The second-order valence-electron chi connectivity index (χ2n) is 20.2. The summed E-state index contributed by atoms with van der Waals surface area (Å²) in [4.78, 5) is 16.0. The van der Waals surface area contributed by atoms with Crippen molar-refractivity contribution in [3.8, 4) is 0 Å². The van der Waals surface area contributed by atoms with Crippen LogP contribution in [0, 0.1) is 11.3 Å². The Morgan fingerprint density at radius 2 is 0.662 bits per heavy atom. The molecule has 0 saturated carbocycles. The molecule has 35 heteroatoms. The van der Waals surface area contributed by atoms with Gasteiger partial charge in [0.25, 0.3) is 0 Å². The molecule has 450 valence electrons. The summed E-state index contributed by atoms with van der Waals surface area (Å²) in [6, 6.07) is 0. The van der Waals surface area contributed by atoms with E-state index < -0.39 is 258 Å². The number of hydrogen-bond acceptors (Lipinski definition) is 34. The van der Waals surface area contributed by atoms with E-state index in [1.165, 1.54) is 0 Å². The monoisotopic (exact) mass is 1130 g/mol. The third-order valence-corrected chi connectivity index (χ3v) is 16.2. The van der Waals surface area contributed by atoms with Gasteiger partial charge in [0, 0.05) is 12.5 Å². The molecule has 6 aliphatic rings. The van der Waals surface area contributed by atoms with Gasteiger partial charge in [0.15, 0.2) is 5.54 Å². The molecule has 0 aromatic heterocycles. The summed E-state index contributed by atoms with van der Waals surface area (Å²) in [5.74, 6) is -6.19. The standard InChI is InChI=1S/C42H74N2O33/c43-1-8(51)15(34-28(64)22(58)16(52)9(2-45)72-34)41(35-29(65)23(59)17(53)10(3-46)73-35,36-30(66)24(60)18(54)11(4-47)74-36)42(40(70)71,37-31(67)25(61)19(55)12(5-48)75-37)44(38-32(68)26(62)20(56)13(6-49)76-38)39-33(69)27(63)21(57)14(7-50)77-39/h8-39,45-69H,1-7,43H2,(H,70,71)/t8-,9+,10+,11+,12+,13+,14+,15?,16-,17-,18-,19-,20-,21-,22-,23-,24-,25-,26-,27-,28+,29+,30+,31+,32+,33+,34?,35?,36?,37?,38?,39?,41?,42+/m0/s1. The van der Waals surface area contributed by atoms with Gasteiger partial charge in [0.2, 0.25) is 0 Å². The zero-order valence-corrected chi connectivity index (χ0v) is 40.4. The third-order valence-electron chi connectivity index (χ3n) is 16.2. The molecule has 0 radical (unpaired) electrons. The predicted octanol–water partition coefficient (Wildman–Crippen LogP) is -18.0. The normalized spacial score (nSPS) is 50.6. The lowest BCUT2D eigenvalue weighted by atomic mass is 9.46. The maximum atomic E-state index is 16.2. The Hall–Kier alpha value is -1.85. The number of nitrogens with zero attached hydrogens (tertiary/aromatic N) is 1. The van der Waals surface area contributed by atoms with Gasteiger partial charge in [-0.25, -0.2) is 4.90 Å². The van der Waals surface area contributed by atoms with Crippen molar-refractivity contribution in [3.63, 3.8) is 0 Å². The van der Waals surface area contributed by atoms with E-state index in [1.807, 2.05) is 0 Å². The molecule has 0 bridgehead atoms. The lowest BCUT2D eigenvalue weighted by molar-refractivity contribution is -0.410. The molecule has 0 aliphatic carbocycles. The SMILES string of the molecule is NC[C@H](O)C(C1O[C@H](CO)[C@H](O)[C@H](O)[C@H]1O)C(C1O[C@H](CO)[C@H](O)[C@H](O)[C@H]1O)(C1O[C@H](CO)[C@H](O)[C@H](O)[C@H]1O)[C@](C(=O)O)(C1O[C@H](CO)[C@H](O)[C@H](O)[C@H]1O)N(C1O[C@H](CO)[C@H](O)[C@H](O)[C@H]1O)C1O[C@H](CO)[C@H](O)[C@H](O)[C@H]1O. The summed E-state index contributed by atoms with van der Waals surface area (Å²) in [6.45, 7) is -10.4. The van der Waals surface area contributed by atoms with E-state index in [2.05, 4.69) is 0 Å². The molecule has 0 amide bonds. The van der Waals surface area contributed by atoms with E-state index in [1.54, 1.807) is 0 Å². The molecule has 6 fully saturated rings. The van der Waals surface area contributed by atoms with Crippen molar-refractivity contribution < 1.29 is 166 Å². The van der Waals surface area contributed by atoms with Gasteiger partial charge < -0.3 is 167 Å². The van der Waals surface area contributed by atoms with E-state index in [-0.39, 0.29) is 4.90 Å². The van der Waals surface area contributed by atoms with Crippen molar-refractivity contribution >= 4 is 5.97 Å². The fraction of sp³-hybridized carbons (Fsp3) is 0.976. The van der Waals surface area contributed by atoms with Crippen LogP contribution in [0.5, 0.6) is 0 Å². The van der Waals surface area contributed by atoms with Crippen molar-refractivity contribution in [3.05, 3.63) is 0 Å². The van der Waals surface area contributed by atoms with Crippen molar-refractivity contribution in [1.29, 1.82) is 0 Å². The summed E-state index contributed by atoms with van der Waals surface area (Å²) < 4.78 is 36.1. The molecule has 35 nitrogen and oxygen atoms in total. The molecule has 0 aromatic carbocycles. The summed E-state index contributed by atoms with van der Waals surface area (Å²) in [5, 5.41) is 302. The number of aliphatic hydroxyl groups is 25. The minimum Gasteiger partial charge on any atom is -0.480 e. The Bertz CT molecular complexity index is 1820. The van der Waals surface area contributed by atoms with Crippen molar-refractivity contribution in [2.75, 3.05) is 46.2 Å². The quantitative estimate of drug-likeness (QED) is 0.0606. The summed E-state index contributed by atoms with van der Waals surface area (Å²) in [5.41, 5.74) is -3.06. The predicted molar refractivity (Wildman–Crippen MR) is 236 cm³/mol. The number of rotatable bonds is 18. The van der Waals surface area contributed by atoms with Crippen LogP contribution in [-0.4, -0.2) is 385 Å². The number of ether oxygens (including phenoxy) is 6. The molecule has 33 atom stereocenters. The largest absolute Gasteiger partial charge is 0.480 e. The highest BCUT2D eigenvalue weighted by Crippen LogP contribution is 2.63. The van der Waals surface area contributed by atoms with Gasteiger partial charge in [-0.2, -0.15) is 0 Å². The van der Waals surface area contributed by atoms with Crippen LogP contribution < -0.4 is 5.73 Å². The van der Waals surface area contributed by atoms with Crippen LogP contribution in [0.4, 0.5) is 0 Å². The van der Waals surface area contributed by atoms with Gasteiger partial charge in [-0.1, -0.05) is 0 Å². The first kappa shape index (κ1) is 64.3. The van der Waals surface area contributed by atoms with Gasteiger partial charge in [-0.05, 0) is 0 Å². The minimum absolute atomic E-state index is 0.198. The van der Waals surface area contributed by atoms with E-state index >= 15 is 4.79 Å². The van der Waals surface area contributed by atoms with Crippen LogP contribution >= 0.6 is 0 Å². The Labute approximate surface area is 434 Å². The number of hydrogen-bond donors (Lipinski definition) is 27. The summed E-state index contributed by atoms with van der Waals surface area (Å²) >= 11 is 0. The van der Waals surface area contributed by atoms with Crippen LogP contribution in [0.15, 0.2) is 0 Å². The van der Waals surface area contributed by atoms with Gasteiger partial charge in [-0.3, -0.25) is 4.79 Å². The average Bonchev–Trinajstić information content (AvgIpc) is 3.41. The van der Waals surface area contributed by atoms with Gasteiger partial charge >= 0.3 is 5.97 Å². The molecule has 28 N–H and O–H groups in total. The van der Waals surface area contributed by atoms with Crippen molar-refractivity contribution in [2.45, 2.75) is 195 Å². The Balaban J connectivity index is 2.05. The van der Waals surface area contributed by atoms with Crippen LogP contribution in [0.2, 0.25) is 0 Å². The number of carbonyl (C=O) groups is 1. The number of carboxylic acid groups (broad SMARTS) is 1. The van der Waals surface area contributed by atoms with E-state index in [0.29, 0.717) is 0 Å². The second kappa shape index (κ2) is 25.3. The third kappa shape index (κ3) is 10.3. The molecule has 0 spiro atoms. The van der Waals surface area contributed by atoms with Crippen molar-refractivity contribution in [2.24, 2.45) is 17.1 Å². The molecule has 77 heavy (non-hydrogen) atoms. The zero-order chi connectivity index (χ0) is 57.8. The number of aliphatic carboxylic acids is 1. The Kier molecular flexibility index (Phi) is 21.2. The number of nitrogens with two attached hydrogens (primary N) is 1. The van der Waals surface area contributed by atoms with Gasteiger partial charge in [0.05, 0.1) is 69.5 Å². The topological polar surface area (TPSA) is 628 Å². The smallest absolute Gasteiger partial charge is 0.327 e. The Morgan fingerprint density at radius 1 is 0.390 bits per heavy atom. The molecular formula is C42H74N2O33. The molecule has 6 heterocycles. The first-order valence-corrected chi connectivity index (χ1v) is 24.4. The number of carboxylic acids is 1. The first-order valence-electron chi connectivity index (χ1n) is 24.4. The molecule has 6 saturated heterocycles. The highest BCUT2D eigenvalue weighted by Gasteiger charge is 2.84. The van der Waals surface area contributed by atoms with Crippen molar-refractivity contribution in [1.82, 2.24) is 4.90 Å². The minimum atomic E-state index is -4.79. The van der Waals surface area contributed by atoms with Crippen LogP contribution in [0.3, 0.4) is 0 Å². The number of aliphatic hydroxyl groups excluding tert-OH is 25. The molecule has 6 aliphatic heterocycles. The highest BCUT2D eigenvalue weighted by atomic mass is 16.6. The average molecular weight is 1140 g/mol.